The van der Waals surface area contributed by atoms with Crippen molar-refractivity contribution in [2.75, 3.05) is 13.2 Å². The highest BCUT2D eigenvalue weighted by Gasteiger charge is 2.04. The highest BCUT2D eigenvalue weighted by atomic mass is 79.9. The molecule has 4 nitrogen and oxygen atoms in total. The number of aromatic nitrogens is 2. The minimum absolute atomic E-state index is 0.244. The lowest BCUT2D eigenvalue weighted by Crippen LogP contribution is -1.99. The first kappa shape index (κ1) is 13.2. The lowest BCUT2D eigenvalue weighted by molar-refractivity contribution is 0.267. The molecule has 0 saturated heterocycles. The van der Waals surface area contributed by atoms with Crippen LogP contribution < -0.4 is 4.74 Å². The van der Waals surface area contributed by atoms with Crippen LogP contribution in [0.5, 0.6) is 5.75 Å². The van der Waals surface area contributed by atoms with Crippen molar-refractivity contribution >= 4 is 27.0 Å². The molecule has 0 amide bonds. The van der Waals surface area contributed by atoms with E-state index in [1.165, 1.54) is 0 Å². The van der Waals surface area contributed by atoms with Crippen molar-refractivity contribution in [3.8, 4) is 5.75 Å². The maximum absolute atomic E-state index is 8.69. The molecule has 2 aromatic rings. The van der Waals surface area contributed by atoms with Gasteiger partial charge in [0.15, 0.2) is 0 Å². The summed E-state index contributed by atoms with van der Waals surface area (Å²) in [5, 5.41) is 8.69. The summed E-state index contributed by atoms with van der Waals surface area (Å²) in [7, 11) is 0. The van der Waals surface area contributed by atoms with Crippen LogP contribution in [0.25, 0.3) is 11.0 Å². The van der Waals surface area contributed by atoms with Crippen LogP contribution in [0.2, 0.25) is 0 Å². The Balaban J connectivity index is 2.04. The minimum atomic E-state index is 0.244. The predicted octanol–water partition coefficient (Wildman–Crippen LogP) is 2.93. The Bertz CT molecular complexity index is 519. The van der Waals surface area contributed by atoms with Crippen molar-refractivity contribution in [2.45, 2.75) is 19.3 Å². The first-order valence-corrected chi connectivity index (χ1v) is 6.74. The average Bonchev–Trinajstić information content (AvgIpc) is 2.38. The number of ether oxygens (including phenoxy) is 1. The van der Waals surface area contributed by atoms with E-state index in [2.05, 4.69) is 25.9 Å². The first-order valence-electron chi connectivity index (χ1n) is 5.95. The van der Waals surface area contributed by atoms with E-state index in [0.29, 0.717) is 6.61 Å². The van der Waals surface area contributed by atoms with Crippen molar-refractivity contribution in [3.63, 3.8) is 0 Å². The zero-order valence-corrected chi connectivity index (χ0v) is 11.6. The van der Waals surface area contributed by atoms with Crippen molar-refractivity contribution < 1.29 is 9.84 Å². The van der Waals surface area contributed by atoms with Gasteiger partial charge in [-0.05, 0) is 41.3 Å². The van der Waals surface area contributed by atoms with Gasteiger partial charge >= 0.3 is 0 Å². The second kappa shape index (κ2) is 6.66. The highest BCUT2D eigenvalue weighted by molar-refractivity contribution is 9.10. The van der Waals surface area contributed by atoms with Gasteiger partial charge in [-0.1, -0.05) is 0 Å². The lowest BCUT2D eigenvalue weighted by atomic mass is 10.2. The molecule has 2 rings (SSSR count). The normalized spacial score (nSPS) is 10.8. The number of fused-ring (bicyclic) bond motifs is 1. The number of nitrogens with zero attached hydrogens (tertiary/aromatic N) is 2. The smallest absolute Gasteiger partial charge is 0.148 e. The maximum Gasteiger partial charge on any atom is 0.148 e. The molecule has 0 atom stereocenters. The van der Waals surface area contributed by atoms with E-state index in [1.807, 2.05) is 12.1 Å². The zero-order valence-electron chi connectivity index (χ0n) is 9.97. The second-order valence-electron chi connectivity index (χ2n) is 3.96. The largest absolute Gasteiger partial charge is 0.491 e. The van der Waals surface area contributed by atoms with Crippen molar-refractivity contribution in [1.82, 2.24) is 9.97 Å². The zero-order chi connectivity index (χ0) is 12.8. The van der Waals surface area contributed by atoms with Gasteiger partial charge in [-0.15, -0.1) is 0 Å². The van der Waals surface area contributed by atoms with Gasteiger partial charge in [-0.25, -0.2) is 4.98 Å². The third kappa shape index (κ3) is 3.40. The average molecular weight is 311 g/mol. The van der Waals surface area contributed by atoms with E-state index in [9.17, 15) is 0 Å². The van der Waals surface area contributed by atoms with Crippen LogP contribution >= 0.6 is 15.9 Å². The van der Waals surface area contributed by atoms with Gasteiger partial charge in [0.25, 0.3) is 0 Å². The summed E-state index contributed by atoms with van der Waals surface area (Å²) in [6.07, 6.45) is 6.19. The summed E-state index contributed by atoms with van der Waals surface area (Å²) < 4.78 is 6.61. The van der Waals surface area contributed by atoms with E-state index in [0.717, 1.165) is 40.5 Å². The van der Waals surface area contributed by atoms with Gasteiger partial charge in [0, 0.05) is 29.5 Å². The minimum Gasteiger partial charge on any atom is -0.491 e. The van der Waals surface area contributed by atoms with Gasteiger partial charge in [-0.3, -0.25) is 4.98 Å². The number of unbranched alkanes of at least 4 members (excludes halogenated alkanes) is 2. The molecule has 2 aromatic heterocycles. The summed E-state index contributed by atoms with van der Waals surface area (Å²) in [4.78, 5) is 8.58. The van der Waals surface area contributed by atoms with Gasteiger partial charge < -0.3 is 9.84 Å². The molecule has 0 radical (unpaired) electrons. The van der Waals surface area contributed by atoms with Crippen LogP contribution in [-0.4, -0.2) is 28.3 Å². The maximum atomic E-state index is 8.69. The number of hydrogen-bond donors (Lipinski definition) is 1. The molecule has 0 aliphatic heterocycles. The van der Waals surface area contributed by atoms with Gasteiger partial charge in [-0.2, -0.15) is 0 Å². The molecule has 96 valence electrons. The van der Waals surface area contributed by atoms with Crippen molar-refractivity contribution in [2.24, 2.45) is 0 Å². The lowest BCUT2D eigenvalue weighted by Gasteiger charge is -2.08. The SMILES string of the molecule is OCCCCCOc1ccnc2cc(Br)cnc12. The Morgan fingerprint density at radius 3 is 2.94 bits per heavy atom. The Kier molecular flexibility index (Phi) is 4.90. The number of rotatable bonds is 6. The third-order valence-electron chi connectivity index (χ3n) is 2.57. The third-order valence-corrected chi connectivity index (χ3v) is 3.00. The van der Waals surface area contributed by atoms with Crippen LogP contribution in [0.4, 0.5) is 0 Å². The summed E-state index contributed by atoms with van der Waals surface area (Å²) in [6, 6.07) is 3.75. The van der Waals surface area contributed by atoms with E-state index in [-0.39, 0.29) is 6.61 Å². The molecule has 0 spiro atoms. The molecule has 0 aliphatic carbocycles. The monoisotopic (exact) mass is 310 g/mol. The molecule has 0 unspecified atom stereocenters. The number of halogens is 1. The van der Waals surface area contributed by atoms with E-state index in [4.69, 9.17) is 9.84 Å². The van der Waals surface area contributed by atoms with Gasteiger partial charge in [0.05, 0.1) is 12.1 Å². The summed E-state index contributed by atoms with van der Waals surface area (Å²) in [5.74, 6) is 0.761. The standard InChI is InChI=1S/C13H15BrN2O2/c14-10-8-11-13(16-9-10)12(4-5-15-11)18-7-3-1-2-6-17/h4-5,8-9,17H,1-3,6-7H2. The summed E-state index contributed by atoms with van der Waals surface area (Å²) in [6.45, 7) is 0.880. The van der Waals surface area contributed by atoms with Crippen LogP contribution in [0, 0.1) is 0 Å². The molecule has 5 heteroatoms. The Morgan fingerprint density at radius 1 is 1.22 bits per heavy atom. The first-order chi connectivity index (χ1) is 8.81. The van der Waals surface area contributed by atoms with Crippen molar-refractivity contribution in [3.05, 3.63) is 29.0 Å². The molecule has 1 N–H and O–H groups in total. The van der Waals surface area contributed by atoms with E-state index < -0.39 is 0 Å². The van der Waals surface area contributed by atoms with Gasteiger partial charge in [0.1, 0.15) is 11.3 Å². The quantitative estimate of drug-likeness (QED) is 0.833. The topological polar surface area (TPSA) is 55.2 Å². The van der Waals surface area contributed by atoms with E-state index in [1.54, 1.807) is 12.4 Å². The number of pyridine rings is 2. The summed E-state index contributed by atoms with van der Waals surface area (Å²) >= 11 is 3.37. The Labute approximate surface area is 114 Å². The van der Waals surface area contributed by atoms with Crippen LogP contribution in [0.1, 0.15) is 19.3 Å². The second-order valence-corrected chi connectivity index (χ2v) is 4.88. The number of aliphatic hydroxyl groups is 1. The molecule has 0 fully saturated rings. The van der Waals surface area contributed by atoms with Gasteiger partial charge in [0.2, 0.25) is 0 Å². The fraction of sp³-hybridized carbons (Fsp3) is 0.385. The Hall–Kier alpha value is -1.20. The fourth-order valence-corrected chi connectivity index (χ4v) is 1.99. The van der Waals surface area contributed by atoms with Crippen LogP contribution in [0.15, 0.2) is 29.0 Å². The molecule has 0 aliphatic rings. The molecule has 2 heterocycles. The Morgan fingerprint density at radius 2 is 2.11 bits per heavy atom. The molecule has 0 aromatic carbocycles. The molecular formula is C13H15BrN2O2. The fourth-order valence-electron chi connectivity index (χ4n) is 1.67. The summed E-state index contributed by atoms with van der Waals surface area (Å²) in [5.41, 5.74) is 1.60. The highest BCUT2D eigenvalue weighted by Crippen LogP contribution is 2.24. The molecule has 0 saturated carbocycles. The predicted molar refractivity (Wildman–Crippen MR) is 73.7 cm³/mol. The van der Waals surface area contributed by atoms with Crippen LogP contribution in [-0.2, 0) is 0 Å². The number of hydrogen-bond acceptors (Lipinski definition) is 4. The number of aliphatic hydroxyl groups excluding tert-OH is 1. The molecule has 0 bridgehead atoms. The molecular weight excluding hydrogens is 296 g/mol. The van der Waals surface area contributed by atoms with Crippen LogP contribution in [0.3, 0.4) is 0 Å². The van der Waals surface area contributed by atoms with E-state index >= 15 is 0 Å². The van der Waals surface area contributed by atoms with Crippen molar-refractivity contribution in [1.29, 1.82) is 0 Å². The molecule has 18 heavy (non-hydrogen) atoms.